The molecule has 29 heavy (non-hydrogen) atoms. The Balaban J connectivity index is 1.44. The van der Waals surface area contributed by atoms with Crippen molar-refractivity contribution < 1.29 is 14.3 Å². The molecule has 2 aromatic carbocycles. The molecule has 8 heteroatoms. The van der Waals surface area contributed by atoms with Crippen LogP contribution in [-0.4, -0.2) is 43.1 Å². The molecule has 1 aliphatic heterocycles. The maximum absolute atomic E-state index is 12.6. The lowest BCUT2D eigenvalue weighted by molar-refractivity contribution is -0.119. The monoisotopic (exact) mass is 410 g/mol. The summed E-state index contributed by atoms with van der Waals surface area (Å²) in [5.74, 6) is -0.254. The summed E-state index contributed by atoms with van der Waals surface area (Å²) in [7, 11) is 0. The fourth-order valence-electron chi connectivity index (χ4n) is 3.08. The highest BCUT2D eigenvalue weighted by Crippen LogP contribution is 2.31. The van der Waals surface area contributed by atoms with E-state index in [1.807, 2.05) is 30.3 Å². The Bertz CT molecular complexity index is 1030. The molecular formula is C21H22N4O3S. The van der Waals surface area contributed by atoms with Gasteiger partial charge in [-0.15, -0.1) is 0 Å². The zero-order valence-electron chi connectivity index (χ0n) is 16.1. The van der Waals surface area contributed by atoms with Crippen LogP contribution in [0.3, 0.4) is 0 Å². The molecule has 7 nitrogen and oxygen atoms in total. The van der Waals surface area contributed by atoms with Crippen LogP contribution < -0.4 is 15.5 Å². The van der Waals surface area contributed by atoms with Gasteiger partial charge in [0, 0.05) is 37.8 Å². The standard InChI is InChI=1S/C21H22N4O3S/c1-14(26)22-13-15-2-4-16(5-3-15)20(27)23-17-6-7-18-19(12-17)29-21(24-18)25-8-10-28-11-9-25/h2-7,12H,8-11,13H2,1H3,(H,22,26)(H,23,27). The van der Waals surface area contributed by atoms with E-state index < -0.39 is 0 Å². The summed E-state index contributed by atoms with van der Waals surface area (Å²) >= 11 is 1.62. The molecule has 1 saturated heterocycles. The summed E-state index contributed by atoms with van der Waals surface area (Å²) in [5, 5.41) is 6.67. The first-order valence-electron chi connectivity index (χ1n) is 9.46. The molecule has 3 aromatic rings. The number of aromatic nitrogens is 1. The molecule has 0 bridgehead atoms. The predicted octanol–water partition coefficient (Wildman–Crippen LogP) is 3.02. The van der Waals surface area contributed by atoms with Crippen molar-refractivity contribution in [3.05, 3.63) is 53.6 Å². The van der Waals surface area contributed by atoms with Crippen molar-refractivity contribution in [2.45, 2.75) is 13.5 Å². The van der Waals surface area contributed by atoms with Gasteiger partial charge in [0.1, 0.15) is 0 Å². The van der Waals surface area contributed by atoms with Crippen LogP contribution in [0.15, 0.2) is 42.5 Å². The van der Waals surface area contributed by atoms with E-state index in [0.717, 1.165) is 52.9 Å². The van der Waals surface area contributed by atoms with Gasteiger partial charge in [0.05, 0.1) is 23.4 Å². The number of fused-ring (bicyclic) bond motifs is 1. The van der Waals surface area contributed by atoms with Crippen molar-refractivity contribution in [2.24, 2.45) is 0 Å². The minimum Gasteiger partial charge on any atom is -0.378 e. The van der Waals surface area contributed by atoms with E-state index in [1.54, 1.807) is 23.5 Å². The summed E-state index contributed by atoms with van der Waals surface area (Å²) in [6.07, 6.45) is 0. The van der Waals surface area contributed by atoms with Crippen LogP contribution in [0, 0.1) is 0 Å². The topological polar surface area (TPSA) is 83.6 Å². The molecule has 2 heterocycles. The van der Waals surface area contributed by atoms with Crippen LogP contribution in [0.1, 0.15) is 22.8 Å². The fourth-order valence-corrected chi connectivity index (χ4v) is 4.14. The number of anilines is 2. The van der Waals surface area contributed by atoms with Gasteiger partial charge >= 0.3 is 0 Å². The minimum atomic E-state index is -0.173. The number of ether oxygens (including phenoxy) is 1. The van der Waals surface area contributed by atoms with Gasteiger partial charge in [-0.25, -0.2) is 4.98 Å². The molecule has 150 valence electrons. The Morgan fingerprint density at radius 1 is 1.14 bits per heavy atom. The SMILES string of the molecule is CC(=O)NCc1ccc(C(=O)Nc2ccc3nc(N4CCOCC4)sc3c2)cc1. The van der Waals surface area contributed by atoms with Crippen LogP contribution in [0.5, 0.6) is 0 Å². The van der Waals surface area contributed by atoms with Crippen LogP contribution in [0.4, 0.5) is 10.8 Å². The van der Waals surface area contributed by atoms with Gasteiger partial charge in [0.15, 0.2) is 5.13 Å². The van der Waals surface area contributed by atoms with Gasteiger partial charge in [0.2, 0.25) is 5.91 Å². The van der Waals surface area contributed by atoms with E-state index in [1.165, 1.54) is 6.92 Å². The molecule has 0 radical (unpaired) electrons. The second-order valence-corrected chi connectivity index (χ2v) is 7.85. The average molecular weight is 410 g/mol. The van der Waals surface area contributed by atoms with E-state index in [4.69, 9.17) is 9.72 Å². The molecule has 0 unspecified atom stereocenters. The molecule has 2 amide bonds. The molecule has 0 saturated carbocycles. The van der Waals surface area contributed by atoms with Crippen LogP contribution in [0.2, 0.25) is 0 Å². The number of hydrogen-bond donors (Lipinski definition) is 2. The molecule has 0 spiro atoms. The summed E-state index contributed by atoms with van der Waals surface area (Å²) < 4.78 is 6.44. The zero-order valence-corrected chi connectivity index (χ0v) is 16.9. The second kappa shape index (κ2) is 8.59. The Morgan fingerprint density at radius 3 is 2.62 bits per heavy atom. The Kier molecular flexibility index (Phi) is 5.73. The Labute approximate surface area is 172 Å². The molecule has 2 N–H and O–H groups in total. The fraction of sp³-hybridized carbons (Fsp3) is 0.286. The lowest BCUT2D eigenvalue weighted by Gasteiger charge is -2.25. The van der Waals surface area contributed by atoms with Crippen LogP contribution >= 0.6 is 11.3 Å². The molecule has 1 aliphatic rings. The summed E-state index contributed by atoms with van der Waals surface area (Å²) in [6, 6.07) is 13.0. The van der Waals surface area contributed by atoms with Crippen molar-refractivity contribution in [1.82, 2.24) is 10.3 Å². The zero-order chi connectivity index (χ0) is 20.2. The van der Waals surface area contributed by atoms with Gasteiger partial charge in [-0.2, -0.15) is 0 Å². The van der Waals surface area contributed by atoms with Gasteiger partial charge in [-0.3, -0.25) is 9.59 Å². The van der Waals surface area contributed by atoms with E-state index in [-0.39, 0.29) is 11.8 Å². The van der Waals surface area contributed by atoms with Crippen molar-refractivity contribution in [3.8, 4) is 0 Å². The first-order chi connectivity index (χ1) is 14.1. The Hall–Kier alpha value is -2.97. The van der Waals surface area contributed by atoms with Crippen molar-refractivity contribution in [2.75, 3.05) is 36.5 Å². The normalized spacial score (nSPS) is 14.0. The number of morpholine rings is 1. The Morgan fingerprint density at radius 2 is 1.90 bits per heavy atom. The van der Waals surface area contributed by atoms with Crippen molar-refractivity contribution in [1.29, 1.82) is 0 Å². The highest BCUT2D eigenvalue weighted by Gasteiger charge is 2.16. The predicted molar refractivity (Wildman–Crippen MR) is 115 cm³/mol. The lowest BCUT2D eigenvalue weighted by atomic mass is 10.1. The molecular weight excluding hydrogens is 388 g/mol. The molecule has 4 rings (SSSR count). The summed E-state index contributed by atoms with van der Waals surface area (Å²) in [6.45, 7) is 5.07. The first kappa shape index (κ1) is 19.4. The number of amides is 2. The smallest absolute Gasteiger partial charge is 0.255 e. The van der Waals surface area contributed by atoms with Crippen LogP contribution in [-0.2, 0) is 16.1 Å². The second-order valence-electron chi connectivity index (χ2n) is 6.84. The maximum atomic E-state index is 12.6. The van der Waals surface area contributed by atoms with Gasteiger partial charge < -0.3 is 20.3 Å². The number of benzene rings is 2. The third-order valence-electron chi connectivity index (χ3n) is 4.67. The highest BCUT2D eigenvalue weighted by atomic mass is 32.1. The molecule has 0 aliphatic carbocycles. The van der Waals surface area contributed by atoms with E-state index in [9.17, 15) is 9.59 Å². The lowest BCUT2D eigenvalue weighted by Crippen LogP contribution is -2.36. The number of thiazole rings is 1. The van der Waals surface area contributed by atoms with E-state index >= 15 is 0 Å². The van der Waals surface area contributed by atoms with Gasteiger partial charge in [-0.05, 0) is 35.9 Å². The van der Waals surface area contributed by atoms with E-state index in [0.29, 0.717) is 12.1 Å². The van der Waals surface area contributed by atoms with Gasteiger partial charge in [0.25, 0.3) is 5.91 Å². The number of hydrogen-bond acceptors (Lipinski definition) is 6. The number of carbonyl (C=O) groups excluding carboxylic acids is 2. The van der Waals surface area contributed by atoms with E-state index in [2.05, 4.69) is 15.5 Å². The number of nitrogens with zero attached hydrogens (tertiary/aromatic N) is 2. The highest BCUT2D eigenvalue weighted by molar-refractivity contribution is 7.22. The molecule has 0 atom stereocenters. The molecule has 1 fully saturated rings. The number of carbonyl (C=O) groups is 2. The maximum Gasteiger partial charge on any atom is 0.255 e. The minimum absolute atomic E-state index is 0.0814. The first-order valence-corrected chi connectivity index (χ1v) is 10.3. The van der Waals surface area contributed by atoms with Gasteiger partial charge in [-0.1, -0.05) is 23.5 Å². The third-order valence-corrected chi connectivity index (χ3v) is 5.75. The summed E-state index contributed by atoms with van der Waals surface area (Å²) in [4.78, 5) is 30.5. The largest absolute Gasteiger partial charge is 0.378 e. The van der Waals surface area contributed by atoms with Crippen molar-refractivity contribution >= 4 is 44.2 Å². The summed E-state index contributed by atoms with van der Waals surface area (Å²) in [5.41, 5.74) is 3.17. The molecule has 1 aromatic heterocycles. The third kappa shape index (κ3) is 4.72. The van der Waals surface area contributed by atoms with Crippen LogP contribution in [0.25, 0.3) is 10.2 Å². The quantitative estimate of drug-likeness (QED) is 0.676. The number of nitrogens with one attached hydrogen (secondary N) is 2. The van der Waals surface area contributed by atoms with Crippen molar-refractivity contribution in [3.63, 3.8) is 0 Å². The average Bonchev–Trinajstić information content (AvgIpc) is 3.17. The number of rotatable bonds is 5.